The van der Waals surface area contributed by atoms with Gasteiger partial charge in [-0.25, -0.2) is 4.98 Å². The highest BCUT2D eigenvalue weighted by atomic mass is 16.1. The molecule has 5 N–H and O–H groups in total. The first-order chi connectivity index (χ1) is 18.0. The minimum Gasteiger partial charge on any atom is -0.388 e. The molecule has 8 nitrogen and oxygen atoms in total. The summed E-state index contributed by atoms with van der Waals surface area (Å²) in [7, 11) is 1.90. The molecule has 0 unspecified atom stereocenters. The van der Waals surface area contributed by atoms with Crippen molar-refractivity contribution in [3.63, 3.8) is 0 Å². The van der Waals surface area contributed by atoms with E-state index in [2.05, 4.69) is 40.4 Å². The molecule has 0 aliphatic heterocycles. The number of pyridine rings is 1. The van der Waals surface area contributed by atoms with Gasteiger partial charge in [-0.2, -0.15) is 10.2 Å². The second-order valence-electron chi connectivity index (χ2n) is 8.20. The van der Waals surface area contributed by atoms with Gasteiger partial charge in [-0.3, -0.25) is 9.36 Å². The highest BCUT2D eigenvalue weighted by Crippen LogP contribution is 2.29. The molecule has 0 aliphatic rings. The molecule has 0 fully saturated rings. The number of nitrogen functional groups attached to an aromatic ring is 2. The summed E-state index contributed by atoms with van der Waals surface area (Å²) in [5.74, 6) is 0.200. The van der Waals surface area contributed by atoms with Crippen LogP contribution >= 0.6 is 0 Å². The first-order valence-corrected chi connectivity index (χ1v) is 11.8. The molecule has 5 aromatic rings. The van der Waals surface area contributed by atoms with Crippen LogP contribution in [0, 0.1) is 11.3 Å². The number of nitriles is 1. The molecule has 0 saturated heterocycles. The van der Waals surface area contributed by atoms with Crippen molar-refractivity contribution in [1.29, 1.82) is 5.26 Å². The van der Waals surface area contributed by atoms with Gasteiger partial charge in [0.15, 0.2) is 0 Å². The first kappa shape index (κ1) is 24.9. The zero-order valence-corrected chi connectivity index (χ0v) is 20.6. The number of nitrogens with one attached hydrogen (secondary N) is 1. The van der Waals surface area contributed by atoms with Gasteiger partial charge < -0.3 is 16.8 Å². The summed E-state index contributed by atoms with van der Waals surface area (Å²) in [5.41, 5.74) is 15.7. The van der Waals surface area contributed by atoms with Crippen LogP contribution < -0.4 is 22.3 Å². The van der Waals surface area contributed by atoms with Crippen LogP contribution in [0.3, 0.4) is 0 Å². The maximum atomic E-state index is 13.6. The lowest BCUT2D eigenvalue weighted by molar-refractivity contribution is 0.889. The summed E-state index contributed by atoms with van der Waals surface area (Å²) >= 11 is 0. The van der Waals surface area contributed by atoms with Gasteiger partial charge in [-0.05, 0) is 53.3 Å². The fourth-order valence-corrected chi connectivity index (χ4v) is 4.11. The molecule has 0 bridgehead atoms. The van der Waals surface area contributed by atoms with Crippen molar-refractivity contribution in [3.8, 4) is 22.9 Å². The lowest BCUT2D eigenvalue weighted by Gasteiger charge is -2.16. The Hall–Kier alpha value is -5.16. The normalized spacial score (nSPS) is 10.3. The van der Waals surface area contributed by atoms with Crippen LogP contribution in [0.15, 0.2) is 89.9 Å². The van der Waals surface area contributed by atoms with E-state index in [-0.39, 0.29) is 22.9 Å². The lowest BCUT2D eigenvalue weighted by atomic mass is 9.98. The predicted octanol–water partition coefficient (Wildman–Crippen LogP) is 4.77. The Kier molecular flexibility index (Phi) is 7.45. The Labute approximate surface area is 214 Å². The average molecular weight is 490 g/mol. The predicted molar refractivity (Wildman–Crippen MR) is 149 cm³/mol. The van der Waals surface area contributed by atoms with Crippen LogP contribution in [-0.4, -0.2) is 21.6 Å². The van der Waals surface area contributed by atoms with E-state index >= 15 is 0 Å². The second kappa shape index (κ2) is 11.1. The number of aryl methyl sites for hydroxylation is 1. The quantitative estimate of drug-likeness (QED) is 0.331. The number of fused-ring (bicyclic) bond motifs is 1. The van der Waals surface area contributed by atoms with Gasteiger partial charge in [-0.1, -0.05) is 55.5 Å². The fraction of sp³-hybridized carbons (Fsp3) is 0.103. The number of hydrogen-bond donors (Lipinski definition) is 3. The van der Waals surface area contributed by atoms with E-state index in [1.54, 1.807) is 0 Å². The highest BCUT2D eigenvalue weighted by molar-refractivity contribution is 5.97. The van der Waals surface area contributed by atoms with Crippen molar-refractivity contribution in [3.05, 3.63) is 107 Å². The van der Waals surface area contributed by atoms with Gasteiger partial charge >= 0.3 is 0 Å². The van der Waals surface area contributed by atoms with Crippen molar-refractivity contribution >= 4 is 28.2 Å². The number of rotatable bonds is 4. The monoisotopic (exact) mass is 489 g/mol. The van der Waals surface area contributed by atoms with Gasteiger partial charge in [0.05, 0.1) is 11.6 Å². The topological polar surface area (TPSA) is 136 Å². The molecule has 0 saturated carbocycles. The van der Waals surface area contributed by atoms with Crippen LogP contribution in [0.1, 0.15) is 18.2 Å². The van der Waals surface area contributed by atoms with Gasteiger partial charge in [-0.15, -0.1) is 0 Å². The van der Waals surface area contributed by atoms with E-state index in [1.165, 1.54) is 6.20 Å². The summed E-state index contributed by atoms with van der Waals surface area (Å²) in [6.07, 6.45) is 2.08. The minimum atomic E-state index is 0.0287. The third-order valence-corrected chi connectivity index (χ3v) is 5.92. The van der Waals surface area contributed by atoms with E-state index in [1.807, 2.05) is 78.3 Å². The van der Waals surface area contributed by atoms with E-state index in [4.69, 9.17) is 16.7 Å². The van der Waals surface area contributed by atoms with Crippen molar-refractivity contribution in [2.24, 2.45) is 0 Å². The lowest BCUT2D eigenvalue weighted by Crippen LogP contribution is -2.22. The zero-order chi connectivity index (χ0) is 26.4. The summed E-state index contributed by atoms with van der Waals surface area (Å²) in [6, 6.07) is 28.1. The van der Waals surface area contributed by atoms with Crippen LogP contribution in [-0.2, 0) is 6.42 Å². The van der Waals surface area contributed by atoms with Crippen LogP contribution in [0.5, 0.6) is 0 Å². The van der Waals surface area contributed by atoms with Crippen molar-refractivity contribution in [2.45, 2.75) is 13.3 Å². The maximum absolute atomic E-state index is 13.6. The number of nitrogens with two attached hydrogens (primary N) is 2. The minimum absolute atomic E-state index is 0.0287. The zero-order valence-electron chi connectivity index (χ0n) is 20.6. The molecule has 37 heavy (non-hydrogen) atoms. The Morgan fingerprint density at radius 2 is 1.76 bits per heavy atom. The highest BCUT2D eigenvalue weighted by Gasteiger charge is 2.14. The molecule has 2 aromatic heterocycles. The summed E-state index contributed by atoms with van der Waals surface area (Å²) < 4.78 is 1.84. The van der Waals surface area contributed by atoms with E-state index in [0.29, 0.717) is 0 Å². The summed E-state index contributed by atoms with van der Waals surface area (Å²) in [4.78, 5) is 20.7. The molecule has 0 amide bonds. The van der Waals surface area contributed by atoms with Crippen molar-refractivity contribution in [1.82, 2.24) is 14.5 Å². The molecule has 2 heterocycles. The number of aromatic nitrogens is 3. The smallest absolute Gasteiger partial charge is 0.263 e. The van der Waals surface area contributed by atoms with Crippen molar-refractivity contribution in [2.75, 3.05) is 23.8 Å². The number of hydrogen-bond acceptors (Lipinski definition) is 7. The van der Waals surface area contributed by atoms with Gasteiger partial charge in [0.25, 0.3) is 5.56 Å². The Balaban J connectivity index is 0.000000270. The first-order valence-electron chi connectivity index (χ1n) is 11.8. The maximum Gasteiger partial charge on any atom is 0.263 e. The molecule has 5 rings (SSSR count). The Morgan fingerprint density at radius 3 is 2.43 bits per heavy atom. The number of para-hydroxylation sites is 1. The van der Waals surface area contributed by atoms with Gasteiger partial charge in [0.2, 0.25) is 5.95 Å². The third-order valence-electron chi connectivity index (χ3n) is 5.92. The SMILES string of the molecule is CCc1cc2cccc(-c3cccc(NC)c3)c2c(=O)n1-c1ccccc1.N#Cc1cnc(N)nc1N. The molecule has 8 heteroatoms. The Morgan fingerprint density at radius 1 is 1.00 bits per heavy atom. The van der Waals surface area contributed by atoms with Crippen LogP contribution in [0.25, 0.3) is 27.6 Å². The van der Waals surface area contributed by atoms with Gasteiger partial charge in [0, 0.05) is 24.1 Å². The molecular formula is C29H27N7O. The average Bonchev–Trinajstić information content (AvgIpc) is 2.93. The van der Waals surface area contributed by atoms with E-state index in [9.17, 15) is 4.79 Å². The molecule has 184 valence electrons. The number of anilines is 3. The molecule has 0 atom stereocenters. The molecule has 3 aromatic carbocycles. The number of nitrogens with zero attached hydrogens (tertiary/aromatic N) is 4. The summed E-state index contributed by atoms with van der Waals surface area (Å²) in [5, 5.41) is 13.3. The third kappa shape index (κ3) is 5.26. The van der Waals surface area contributed by atoms with E-state index < -0.39 is 0 Å². The largest absolute Gasteiger partial charge is 0.388 e. The standard InChI is InChI=1S/C24H22N2O.C5H5N5/c1-3-20-16-18-10-8-14-22(17-9-7-11-19(15-17)25-2)23(18)24(27)26(20)21-12-5-4-6-13-21;6-1-3-2-9-5(8)10-4(3)7/h4-16,25H,3H2,1-2H3;2H,(H4,7,8,9,10). The second-order valence-corrected chi connectivity index (χ2v) is 8.20. The summed E-state index contributed by atoms with van der Waals surface area (Å²) in [6.45, 7) is 2.08. The van der Waals surface area contributed by atoms with E-state index in [0.717, 1.165) is 45.4 Å². The molecule has 0 radical (unpaired) electrons. The number of benzene rings is 3. The van der Waals surface area contributed by atoms with Gasteiger partial charge in [0.1, 0.15) is 17.5 Å². The molecular weight excluding hydrogens is 462 g/mol. The van der Waals surface area contributed by atoms with Crippen molar-refractivity contribution < 1.29 is 0 Å². The van der Waals surface area contributed by atoms with Crippen LogP contribution in [0.4, 0.5) is 17.5 Å². The fourth-order valence-electron chi connectivity index (χ4n) is 4.11. The molecule has 0 aliphatic carbocycles. The molecule has 0 spiro atoms. The Bertz CT molecular complexity index is 1650. The van der Waals surface area contributed by atoms with Crippen LogP contribution in [0.2, 0.25) is 0 Å².